The summed E-state index contributed by atoms with van der Waals surface area (Å²) in [5, 5.41) is 0. The highest BCUT2D eigenvalue weighted by atomic mass is 16.5. The average molecular weight is 298 g/mol. The van der Waals surface area contributed by atoms with Crippen molar-refractivity contribution in [3.05, 3.63) is 65.2 Å². The molecule has 114 valence electrons. The van der Waals surface area contributed by atoms with Crippen molar-refractivity contribution in [2.24, 2.45) is 0 Å². The fourth-order valence-corrected chi connectivity index (χ4v) is 1.89. The largest absolute Gasteiger partial charge is 0.494 e. The van der Waals surface area contributed by atoms with E-state index in [1.165, 1.54) is 0 Å². The van der Waals surface area contributed by atoms with Crippen molar-refractivity contribution < 1.29 is 19.1 Å². The lowest BCUT2D eigenvalue weighted by Crippen LogP contribution is -2.14. The van der Waals surface area contributed by atoms with E-state index in [0.717, 1.165) is 5.56 Å². The number of esters is 1. The molecule has 0 saturated heterocycles. The lowest BCUT2D eigenvalue weighted by Gasteiger charge is -2.06. The molecule has 0 radical (unpaired) electrons. The summed E-state index contributed by atoms with van der Waals surface area (Å²) in [4.78, 5) is 23.8. The number of benzene rings is 2. The van der Waals surface area contributed by atoms with Gasteiger partial charge in [0.15, 0.2) is 12.4 Å². The molecule has 0 aromatic heterocycles. The molecule has 22 heavy (non-hydrogen) atoms. The van der Waals surface area contributed by atoms with E-state index in [4.69, 9.17) is 9.47 Å². The highest BCUT2D eigenvalue weighted by Gasteiger charge is 2.11. The van der Waals surface area contributed by atoms with E-state index in [1.54, 1.807) is 36.4 Å². The van der Waals surface area contributed by atoms with E-state index in [0.29, 0.717) is 23.5 Å². The minimum Gasteiger partial charge on any atom is -0.494 e. The zero-order valence-electron chi connectivity index (χ0n) is 12.7. The van der Waals surface area contributed by atoms with Gasteiger partial charge >= 0.3 is 5.97 Å². The number of ether oxygens (including phenoxy) is 2. The average Bonchev–Trinajstić information content (AvgIpc) is 2.54. The number of ketones is 1. The molecular weight excluding hydrogens is 280 g/mol. The molecule has 2 aromatic rings. The van der Waals surface area contributed by atoms with Crippen LogP contribution in [-0.4, -0.2) is 25.0 Å². The molecule has 2 aromatic carbocycles. The highest BCUT2D eigenvalue weighted by Crippen LogP contribution is 2.13. The third-order valence-corrected chi connectivity index (χ3v) is 3.11. The summed E-state index contributed by atoms with van der Waals surface area (Å²) in [7, 11) is 0. The number of carbonyl (C=O) groups excluding carboxylic acids is 2. The van der Waals surface area contributed by atoms with Gasteiger partial charge in [0, 0.05) is 5.56 Å². The summed E-state index contributed by atoms with van der Waals surface area (Å²) in [5.74, 6) is -0.0578. The third-order valence-electron chi connectivity index (χ3n) is 3.11. The monoisotopic (exact) mass is 298 g/mol. The molecular formula is C18H18O4. The van der Waals surface area contributed by atoms with Gasteiger partial charge in [-0.25, -0.2) is 4.79 Å². The minimum absolute atomic E-state index is 0.223. The zero-order valence-corrected chi connectivity index (χ0v) is 12.7. The standard InChI is InChI=1S/C18H18O4/c1-3-21-16-10-8-15(9-11-16)18(20)22-12-17(19)14-6-4-13(2)5-7-14/h4-11H,3,12H2,1-2H3. The molecule has 0 aliphatic rings. The first kappa shape index (κ1) is 15.8. The van der Waals surface area contributed by atoms with Crippen molar-refractivity contribution >= 4 is 11.8 Å². The van der Waals surface area contributed by atoms with Crippen LogP contribution in [0.3, 0.4) is 0 Å². The molecule has 0 saturated carbocycles. The van der Waals surface area contributed by atoms with Gasteiger partial charge < -0.3 is 9.47 Å². The Bertz CT molecular complexity index is 642. The van der Waals surface area contributed by atoms with E-state index in [-0.39, 0.29) is 12.4 Å². The van der Waals surface area contributed by atoms with Crippen LogP contribution in [0.25, 0.3) is 0 Å². The number of hydrogen-bond acceptors (Lipinski definition) is 4. The Morgan fingerprint density at radius 1 is 0.909 bits per heavy atom. The second-order valence-electron chi connectivity index (χ2n) is 4.82. The molecule has 0 atom stereocenters. The maximum absolute atomic E-state index is 11.9. The Kier molecular flexibility index (Phi) is 5.31. The summed E-state index contributed by atoms with van der Waals surface area (Å²) in [6.45, 7) is 4.13. The Morgan fingerprint density at radius 2 is 1.50 bits per heavy atom. The third kappa shape index (κ3) is 4.19. The number of hydrogen-bond donors (Lipinski definition) is 0. The van der Waals surface area contributed by atoms with Crippen molar-refractivity contribution in [2.45, 2.75) is 13.8 Å². The number of carbonyl (C=O) groups is 2. The first-order valence-corrected chi connectivity index (χ1v) is 7.10. The van der Waals surface area contributed by atoms with Gasteiger partial charge in [-0.15, -0.1) is 0 Å². The van der Waals surface area contributed by atoms with Crippen molar-refractivity contribution in [1.82, 2.24) is 0 Å². The molecule has 0 N–H and O–H groups in total. The molecule has 0 spiro atoms. The molecule has 4 nitrogen and oxygen atoms in total. The highest BCUT2D eigenvalue weighted by molar-refractivity contribution is 5.99. The fourth-order valence-electron chi connectivity index (χ4n) is 1.89. The van der Waals surface area contributed by atoms with E-state index in [2.05, 4.69) is 0 Å². The van der Waals surface area contributed by atoms with E-state index >= 15 is 0 Å². The predicted molar refractivity (Wildman–Crippen MR) is 83.4 cm³/mol. The number of aryl methyl sites for hydroxylation is 1. The van der Waals surface area contributed by atoms with Crippen LogP contribution in [0.5, 0.6) is 5.75 Å². The van der Waals surface area contributed by atoms with Crippen LogP contribution in [0.15, 0.2) is 48.5 Å². The van der Waals surface area contributed by atoms with Gasteiger partial charge in [0.05, 0.1) is 12.2 Å². The molecule has 0 heterocycles. The molecule has 0 aliphatic heterocycles. The van der Waals surface area contributed by atoms with E-state index in [1.807, 2.05) is 26.0 Å². The first-order valence-electron chi connectivity index (χ1n) is 7.10. The molecule has 0 amide bonds. The van der Waals surface area contributed by atoms with Crippen LogP contribution in [0.4, 0.5) is 0 Å². The predicted octanol–water partition coefficient (Wildman–Crippen LogP) is 3.43. The van der Waals surface area contributed by atoms with Gasteiger partial charge in [-0.2, -0.15) is 0 Å². The Balaban J connectivity index is 1.91. The first-order chi connectivity index (χ1) is 10.6. The van der Waals surface area contributed by atoms with Gasteiger partial charge in [0.25, 0.3) is 0 Å². The van der Waals surface area contributed by atoms with Crippen molar-refractivity contribution in [2.75, 3.05) is 13.2 Å². The molecule has 0 fully saturated rings. The van der Waals surface area contributed by atoms with Crippen LogP contribution in [0.2, 0.25) is 0 Å². The van der Waals surface area contributed by atoms with Crippen molar-refractivity contribution in [3.8, 4) is 5.75 Å². The van der Waals surface area contributed by atoms with Crippen LogP contribution in [0.1, 0.15) is 33.2 Å². The fraction of sp³-hybridized carbons (Fsp3) is 0.222. The van der Waals surface area contributed by atoms with Crippen LogP contribution < -0.4 is 4.74 Å². The minimum atomic E-state index is -0.525. The molecule has 0 aliphatic carbocycles. The quantitative estimate of drug-likeness (QED) is 0.605. The molecule has 2 rings (SSSR count). The van der Waals surface area contributed by atoms with Gasteiger partial charge in [0.2, 0.25) is 0 Å². The molecule has 0 bridgehead atoms. The number of rotatable bonds is 6. The smallest absolute Gasteiger partial charge is 0.338 e. The summed E-state index contributed by atoms with van der Waals surface area (Å²) < 4.78 is 10.3. The van der Waals surface area contributed by atoms with Gasteiger partial charge in [-0.1, -0.05) is 29.8 Å². The van der Waals surface area contributed by atoms with Crippen LogP contribution in [0, 0.1) is 6.92 Å². The van der Waals surface area contributed by atoms with Gasteiger partial charge in [0.1, 0.15) is 5.75 Å². The van der Waals surface area contributed by atoms with Crippen LogP contribution in [-0.2, 0) is 4.74 Å². The van der Waals surface area contributed by atoms with Crippen LogP contribution >= 0.6 is 0 Å². The van der Waals surface area contributed by atoms with E-state index in [9.17, 15) is 9.59 Å². The Hall–Kier alpha value is -2.62. The zero-order chi connectivity index (χ0) is 15.9. The Morgan fingerprint density at radius 3 is 2.09 bits per heavy atom. The summed E-state index contributed by atoms with van der Waals surface area (Å²) in [6.07, 6.45) is 0. The summed E-state index contributed by atoms with van der Waals surface area (Å²) in [5.41, 5.74) is 1.99. The Labute approximate surface area is 129 Å². The SMILES string of the molecule is CCOc1ccc(C(=O)OCC(=O)c2ccc(C)cc2)cc1. The second kappa shape index (κ2) is 7.41. The molecule has 4 heteroatoms. The molecule has 0 unspecified atom stereocenters. The lowest BCUT2D eigenvalue weighted by atomic mass is 10.1. The maximum atomic E-state index is 11.9. The van der Waals surface area contributed by atoms with Crippen molar-refractivity contribution in [1.29, 1.82) is 0 Å². The van der Waals surface area contributed by atoms with E-state index < -0.39 is 5.97 Å². The second-order valence-corrected chi connectivity index (χ2v) is 4.82. The normalized spacial score (nSPS) is 10.1. The topological polar surface area (TPSA) is 52.6 Å². The maximum Gasteiger partial charge on any atom is 0.338 e. The summed E-state index contributed by atoms with van der Waals surface area (Å²) >= 11 is 0. The van der Waals surface area contributed by atoms with Gasteiger partial charge in [-0.3, -0.25) is 4.79 Å². The number of Topliss-reactive ketones (excluding diaryl/α,β-unsaturated/α-hetero) is 1. The lowest BCUT2D eigenvalue weighted by molar-refractivity contribution is 0.0474. The summed E-state index contributed by atoms with van der Waals surface area (Å²) in [6, 6.07) is 13.8. The van der Waals surface area contributed by atoms with Gasteiger partial charge in [-0.05, 0) is 38.1 Å². The van der Waals surface area contributed by atoms with Crippen molar-refractivity contribution in [3.63, 3.8) is 0 Å².